The van der Waals surface area contributed by atoms with Crippen molar-refractivity contribution in [3.05, 3.63) is 58.3 Å². The third-order valence-corrected chi connectivity index (χ3v) is 5.00. The van der Waals surface area contributed by atoms with Crippen LogP contribution in [-0.4, -0.2) is 13.0 Å². The molecule has 120 valence electrons. The predicted molar refractivity (Wildman–Crippen MR) is 83.4 cm³/mol. The van der Waals surface area contributed by atoms with Gasteiger partial charge in [0.15, 0.2) is 5.58 Å². The number of nitrogens with one attached hydrogen (secondary N) is 1. The lowest BCUT2D eigenvalue weighted by molar-refractivity contribution is 0.527. The van der Waals surface area contributed by atoms with Crippen molar-refractivity contribution in [3.8, 4) is 0 Å². The molecule has 6 nitrogen and oxygen atoms in total. The molecule has 0 aliphatic heterocycles. The van der Waals surface area contributed by atoms with Crippen molar-refractivity contribution in [1.82, 2.24) is 4.57 Å². The third-order valence-electron chi connectivity index (χ3n) is 3.50. The zero-order valence-corrected chi connectivity index (χ0v) is 13.1. The Hall–Kier alpha value is -2.61. The van der Waals surface area contributed by atoms with E-state index in [1.807, 2.05) is 0 Å². The van der Waals surface area contributed by atoms with Gasteiger partial charge in [0.1, 0.15) is 5.82 Å². The first-order valence-corrected chi connectivity index (χ1v) is 8.15. The highest BCUT2D eigenvalue weighted by molar-refractivity contribution is 7.92. The SMILES string of the molecule is Cc1cc2c(cc1S(=O)(=O)Nc1ccccc1F)oc(=O)n2C. The monoisotopic (exact) mass is 336 g/mol. The van der Waals surface area contributed by atoms with Gasteiger partial charge in [0.25, 0.3) is 10.0 Å². The molecule has 2 aromatic carbocycles. The van der Waals surface area contributed by atoms with Gasteiger partial charge in [-0.05, 0) is 30.7 Å². The summed E-state index contributed by atoms with van der Waals surface area (Å²) in [6, 6.07) is 8.26. The summed E-state index contributed by atoms with van der Waals surface area (Å²) < 4.78 is 47.2. The van der Waals surface area contributed by atoms with E-state index >= 15 is 0 Å². The van der Waals surface area contributed by atoms with Crippen LogP contribution in [0.25, 0.3) is 11.1 Å². The van der Waals surface area contributed by atoms with Gasteiger partial charge in [0.2, 0.25) is 0 Å². The average molecular weight is 336 g/mol. The second-order valence-electron chi connectivity index (χ2n) is 5.10. The van der Waals surface area contributed by atoms with Crippen LogP contribution in [-0.2, 0) is 17.1 Å². The standard InChI is InChI=1S/C15H13FN2O4S/c1-9-7-12-13(22-15(19)18(12)2)8-14(9)23(20,21)17-11-6-4-3-5-10(11)16/h3-8,17H,1-2H3. The fourth-order valence-electron chi connectivity index (χ4n) is 2.29. The van der Waals surface area contributed by atoms with E-state index in [9.17, 15) is 17.6 Å². The summed E-state index contributed by atoms with van der Waals surface area (Å²) in [7, 11) is -2.50. The number of hydrogen-bond acceptors (Lipinski definition) is 4. The molecule has 0 aliphatic carbocycles. The molecular weight excluding hydrogens is 323 g/mol. The zero-order valence-electron chi connectivity index (χ0n) is 12.3. The van der Waals surface area contributed by atoms with Gasteiger partial charge in [-0.3, -0.25) is 9.29 Å². The highest BCUT2D eigenvalue weighted by atomic mass is 32.2. The number of sulfonamides is 1. The van der Waals surface area contributed by atoms with Gasteiger partial charge >= 0.3 is 5.76 Å². The number of rotatable bonds is 3. The second-order valence-corrected chi connectivity index (χ2v) is 6.75. The molecular formula is C15H13FN2O4S. The number of benzene rings is 2. The van der Waals surface area contributed by atoms with E-state index in [4.69, 9.17) is 4.42 Å². The maximum atomic E-state index is 13.7. The number of hydrogen-bond donors (Lipinski definition) is 1. The molecule has 0 aliphatic rings. The smallest absolute Gasteiger partial charge is 0.408 e. The molecule has 0 fully saturated rings. The zero-order chi connectivity index (χ0) is 16.8. The predicted octanol–water partition coefficient (Wildman–Crippen LogP) is 2.38. The first-order valence-electron chi connectivity index (χ1n) is 6.67. The lowest BCUT2D eigenvalue weighted by atomic mass is 10.2. The number of aromatic nitrogens is 1. The molecule has 8 heteroatoms. The van der Waals surface area contributed by atoms with E-state index in [2.05, 4.69) is 4.72 Å². The fraction of sp³-hybridized carbons (Fsp3) is 0.133. The summed E-state index contributed by atoms with van der Waals surface area (Å²) in [6.07, 6.45) is 0. The molecule has 1 N–H and O–H groups in total. The Kier molecular flexibility index (Phi) is 3.48. The Labute approximate surface area is 131 Å². The van der Waals surface area contributed by atoms with Crippen LogP contribution in [0.1, 0.15) is 5.56 Å². The summed E-state index contributed by atoms with van der Waals surface area (Å²) in [5.74, 6) is -1.27. The Morgan fingerprint density at radius 1 is 1.22 bits per heavy atom. The number of aryl methyl sites for hydroxylation is 2. The second kappa shape index (κ2) is 5.24. The van der Waals surface area contributed by atoms with Crippen molar-refractivity contribution in [1.29, 1.82) is 0 Å². The van der Waals surface area contributed by atoms with Crippen LogP contribution < -0.4 is 10.5 Å². The van der Waals surface area contributed by atoms with E-state index in [0.29, 0.717) is 11.1 Å². The molecule has 1 aromatic heterocycles. The van der Waals surface area contributed by atoms with Gasteiger partial charge in [-0.2, -0.15) is 0 Å². The molecule has 3 rings (SSSR count). The number of fused-ring (bicyclic) bond motifs is 1. The fourth-order valence-corrected chi connectivity index (χ4v) is 3.60. The maximum Gasteiger partial charge on any atom is 0.419 e. The third kappa shape index (κ3) is 2.61. The molecule has 0 atom stereocenters. The van der Waals surface area contributed by atoms with Gasteiger partial charge < -0.3 is 4.42 Å². The van der Waals surface area contributed by atoms with E-state index in [0.717, 1.165) is 6.07 Å². The summed E-state index contributed by atoms with van der Waals surface area (Å²) in [6.45, 7) is 1.59. The van der Waals surface area contributed by atoms with Gasteiger partial charge in [0.05, 0.1) is 16.1 Å². The average Bonchev–Trinajstić information content (AvgIpc) is 2.76. The van der Waals surface area contributed by atoms with Crippen LogP contribution in [0.5, 0.6) is 0 Å². The van der Waals surface area contributed by atoms with Crippen LogP contribution in [0.4, 0.5) is 10.1 Å². The summed E-state index contributed by atoms with van der Waals surface area (Å²) in [4.78, 5) is 11.4. The van der Waals surface area contributed by atoms with Crippen molar-refractivity contribution in [2.24, 2.45) is 7.05 Å². The Balaban J connectivity index is 2.13. The van der Waals surface area contributed by atoms with Gasteiger partial charge in [-0.25, -0.2) is 17.6 Å². The van der Waals surface area contributed by atoms with E-state index in [-0.39, 0.29) is 16.2 Å². The normalized spacial score (nSPS) is 11.8. The number of oxazole rings is 1. The first kappa shape index (κ1) is 15.3. The van der Waals surface area contributed by atoms with Crippen LogP contribution in [0, 0.1) is 12.7 Å². The molecule has 0 radical (unpaired) electrons. The molecule has 0 bridgehead atoms. The molecule has 0 unspecified atom stereocenters. The number of anilines is 1. The van der Waals surface area contributed by atoms with E-state index < -0.39 is 21.6 Å². The van der Waals surface area contributed by atoms with Crippen molar-refractivity contribution in [2.75, 3.05) is 4.72 Å². The molecule has 0 saturated carbocycles. The molecule has 0 amide bonds. The van der Waals surface area contributed by atoms with Crippen LogP contribution in [0.3, 0.4) is 0 Å². The highest BCUT2D eigenvalue weighted by Crippen LogP contribution is 2.25. The number of halogens is 1. The number of nitrogens with zero attached hydrogens (tertiary/aromatic N) is 1. The Morgan fingerprint density at radius 2 is 1.91 bits per heavy atom. The Morgan fingerprint density at radius 3 is 2.61 bits per heavy atom. The minimum atomic E-state index is -4.02. The van der Waals surface area contributed by atoms with Crippen molar-refractivity contribution in [2.45, 2.75) is 11.8 Å². The van der Waals surface area contributed by atoms with E-state index in [1.54, 1.807) is 6.92 Å². The molecule has 0 spiro atoms. The van der Waals surface area contributed by atoms with Gasteiger partial charge in [0, 0.05) is 13.1 Å². The maximum absolute atomic E-state index is 13.7. The lowest BCUT2D eigenvalue weighted by Gasteiger charge is -2.11. The Bertz CT molecular complexity index is 1070. The van der Waals surface area contributed by atoms with Gasteiger partial charge in [-0.1, -0.05) is 12.1 Å². The minimum absolute atomic E-state index is 0.0809. The number of para-hydroxylation sites is 1. The summed E-state index contributed by atoms with van der Waals surface area (Å²) in [5, 5.41) is 0. The van der Waals surface area contributed by atoms with Crippen LogP contribution >= 0.6 is 0 Å². The largest absolute Gasteiger partial charge is 0.419 e. The lowest BCUT2D eigenvalue weighted by Crippen LogP contribution is -2.15. The highest BCUT2D eigenvalue weighted by Gasteiger charge is 2.21. The molecule has 0 saturated heterocycles. The summed E-state index contributed by atoms with van der Waals surface area (Å²) in [5.41, 5.74) is 0.897. The van der Waals surface area contributed by atoms with Crippen LogP contribution in [0.15, 0.2) is 50.5 Å². The minimum Gasteiger partial charge on any atom is -0.408 e. The molecule has 3 aromatic rings. The molecule has 1 heterocycles. The van der Waals surface area contributed by atoms with E-state index in [1.165, 1.54) is 41.9 Å². The molecule has 23 heavy (non-hydrogen) atoms. The van der Waals surface area contributed by atoms with Crippen LogP contribution in [0.2, 0.25) is 0 Å². The summed E-state index contributed by atoms with van der Waals surface area (Å²) >= 11 is 0. The van der Waals surface area contributed by atoms with Crippen molar-refractivity contribution >= 4 is 26.8 Å². The van der Waals surface area contributed by atoms with Gasteiger partial charge in [-0.15, -0.1) is 0 Å². The van der Waals surface area contributed by atoms with Crippen molar-refractivity contribution < 1.29 is 17.2 Å². The topological polar surface area (TPSA) is 81.3 Å². The van der Waals surface area contributed by atoms with Crippen molar-refractivity contribution in [3.63, 3.8) is 0 Å². The first-order chi connectivity index (χ1) is 10.8. The quantitative estimate of drug-likeness (QED) is 0.796.